The van der Waals surface area contributed by atoms with Crippen molar-refractivity contribution in [3.8, 4) is 0 Å². The Labute approximate surface area is 134 Å². The molecule has 22 heavy (non-hydrogen) atoms. The smallest absolute Gasteiger partial charge is 0.254 e. The fourth-order valence-electron chi connectivity index (χ4n) is 3.21. The highest BCUT2D eigenvalue weighted by molar-refractivity contribution is 6.30. The minimum Gasteiger partial charge on any atom is -0.378 e. The lowest BCUT2D eigenvalue weighted by Gasteiger charge is -2.34. The molecule has 1 aromatic rings. The van der Waals surface area contributed by atoms with E-state index in [4.69, 9.17) is 16.3 Å². The van der Waals surface area contributed by atoms with Crippen molar-refractivity contribution >= 4 is 17.5 Å². The van der Waals surface area contributed by atoms with Crippen LogP contribution in [0, 0.1) is 5.82 Å². The summed E-state index contributed by atoms with van der Waals surface area (Å²) in [5.74, 6) is -1.01. The van der Waals surface area contributed by atoms with E-state index in [1.807, 2.05) is 0 Å². The first-order chi connectivity index (χ1) is 10.6. The van der Waals surface area contributed by atoms with Crippen LogP contribution in [0.15, 0.2) is 18.2 Å². The van der Waals surface area contributed by atoms with Gasteiger partial charge in [0.1, 0.15) is 5.82 Å². The zero-order valence-corrected chi connectivity index (χ0v) is 13.1. The van der Waals surface area contributed by atoms with E-state index < -0.39 is 11.7 Å². The highest BCUT2D eigenvalue weighted by Gasteiger charge is 2.35. The Morgan fingerprint density at radius 1 is 1.27 bits per heavy atom. The molecule has 0 aliphatic carbocycles. The topological polar surface area (TPSA) is 41.6 Å². The number of benzene rings is 1. The van der Waals surface area contributed by atoms with Crippen LogP contribution in [0.1, 0.15) is 29.6 Å². The molecule has 4 nitrogen and oxygen atoms in total. The summed E-state index contributed by atoms with van der Waals surface area (Å²) in [6, 6.07) is 4.18. The Kier molecular flexibility index (Phi) is 4.96. The Morgan fingerprint density at radius 2 is 2.05 bits per heavy atom. The summed E-state index contributed by atoms with van der Waals surface area (Å²) in [6.07, 6.45) is 3.63. The molecule has 2 heterocycles. The second kappa shape index (κ2) is 6.94. The van der Waals surface area contributed by atoms with Crippen LogP contribution in [-0.4, -0.2) is 49.2 Å². The summed E-state index contributed by atoms with van der Waals surface area (Å²) in [4.78, 5) is 14.7. The van der Waals surface area contributed by atoms with Crippen LogP contribution in [0.3, 0.4) is 0 Å². The van der Waals surface area contributed by atoms with Crippen molar-refractivity contribution < 1.29 is 13.9 Å². The molecule has 120 valence electrons. The van der Waals surface area contributed by atoms with Gasteiger partial charge in [0.05, 0.1) is 30.9 Å². The predicted molar refractivity (Wildman–Crippen MR) is 82.7 cm³/mol. The molecule has 1 amide bonds. The SMILES string of the molecule is O=C(N[C@@H]1COC[C@H]1N1CCCCC1)c1ccc(Cl)cc1F. The van der Waals surface area contributed by atoms with Gasteiger partial charge in [-0.05, 0) is 44.1 Å². The number of rotatable bonds is 3. The molecular weight excluding hydrogens is 307 g/mol. The average Bonchev–Trinajstić information content (AvgIpc) is 2.96. The standard InChI is InChI=1S/C16H20ClFN2O2/c17-11-4-5-12(13(18)8-11)16(21)19-14-9-22-10-15(14)20-6-2-1-3-7-20/h4-5,8,14-15H,1-3,6-7,9-10H2,(H,19,21)/t14-,15-/m1/s1. The molecule has 0 unspecified atom stereocenters. The summed E-state index contributed by atoms with van der Waals surface area (Å²) >= 11 is 5.72. The summed E-state index contributed by atoms with van der Waals surface area (Å²) in [5.41, 5.74) is 0.0219. The van der Waals surface area contributed by atoms with Gasteiger partial charge in [-0.1, -0.05) is 18.0 Å². The minimum atomic E-state index is -0.599. The normalized spacial score (nSPS) is 26.1. The van der Waals surface area contributed by atoms with Gasteiger partial charge in [0.15, 0.2) is 0 Å². The third-order valence-electron chi connectivity index (χ3n) is 4.40. The Bertz CT molecular complexity index is 549. The number of carbonyl (C=O) groups is 1. The Balaban J connectivity index is 1.67. The maximum Gasteiger partial charge on any atom is 0.254 e. The third kappa shape index (κ3) is 3.42. The van der Waals surface area contributed by atoms with Gasteiger partial charge in [-0.2, -0.15) is 0 Å². The predicted octanol–water partition coefficient (Wildman–Crippen LogP) is 2.46. The first kappa shape index (κ1) is 15.7. The number of hydrogen-bond acceptors (Lipinski definition) is 3. The van der Waals surface area contributed by atoms with E-state index >= 15 is 0 Å². The van der Waals surface area contributed by atoms with Gasteiger partial charge in [0.2, 0.25) is 0 Å². The van der Waals surface area contributed by atoms with Crippen molar-refractivity contribution in [2.75, 3.05) is 26.3 Å². The summed E-state index contributed by atoms with van der Waals surface area (Å²) in [5, 5.41) is 3.20. The number of nitrogens with one attached hydrogen (secondary N) is 1. The van der Waals surface area contributed by atoms with Crippen molar-refractivity contribution in [3.05, 3.63) is 34.6 Å². The van der Waals surface area contributed by atoms with Gasteiger partial charge >= 0.3 is 0 Å². The summed E-state index contributed by atoms with van der Waals surface area (Å²) in [6.45, 7) is 3.17. The molecule has 2 fully saturated rings. The van der Waals surface area contributed by atoms with Crippen LogP contribution >= 0.6 is 11.6 Å². The van der Waals surface area contributed by atoms with Crippen LogP contribution in [0.25, 0.3) is 0 Å². The number of hydrogen-bond donors (Lipinski definition) is 1. The average molecular weight is 327 g/mol. The Morgan fingerprint density at radius 3 is 2.77 bits per heavy atom. The van der Waals surface area contributed by atoms with E-state index in [1.165, 1.54) is 31.4 Å². The molecule has 2 atom stereocenters. The number of halogens is 2. The minimum absolute atomic E-state index is 0.0219. The lowest BCUT2D eigenvalue weighted by Crippen LogP contribution is -2.52. The van der Waals surface area contributed by atoms with Crippen molar-refractivity contribution in [1.82, 2.24) is 10.2 Å². The molecule has 0 spiro atoms. The molecule has 2 aliphatic rings. The van der Waals surface area contributed by atoms with Crippen molar-refractivity contribution in [2.24, 2.45) is 0 Å². The van der Waals surface area contributed by atoms with Gasteiger partial charge < -0.3 is 10.1 Å². The largest absolute Gasteiger partial charge is 0.378 e. The molecule has 1 N–H and O–H groups in total. The number of piperidine rings is 1. The number of likely N-dealkylation sites (tertiary alicyclic amines) is 1. The number of ether oxygens (including phenoxy) is 1. The van der Waals surface area contributed by atoms with Crippen LogP contribution in [-0.2, 0) is 4.74 Å². The molecule has 6 heteroatoms. The van der Waals surface area contributed by atoms with Crippen molar-refractivity contribution in [3.63, 3.8) is 0 Å². The monoisotopic (exact) mass is 326 g/mol. The number of nitrogens with zero attached hydrogens (tertiary/aromatic N) is 1. The maximum atomic E-state index is 13.8. The van der Waals surface area contributed by atoms with Gasteiger partial charge in [0.25, 0.3) is 5.91 Å². The van der Waals surface area contributed by atoms with E-state index in [0.29, 0.717) is 13.2 Å². The van der Waals surface area contributed by atoms with Crippen LogP contribution in [0.4, 0.5) is 4.39 Å². The molecule has 3 rings (SSSR count). The first-order valence-corrected chi connectivity index (χ1v) is 8.10. The van der Waals surface area contributed by atoms with Gasteiger partial charge in [-0.15, -0.1) is 0 Å². The fourth-order valence-corrected chi connectivity index (χ4v) is 3.37. The molecule has 0 aromatic heterocycles. The van der Waals surface area contributed by atoms with Crippen molar-refractivity contribution in [2.45, 2.75) is 31.3 Å². The summed E-state index contributed by atoms with van der Waals surface area (Å²) < 4.78 is 19.4. The molecule has 2 saturated heterocycles. The Hall–Kier alpha value is -1.17. The highest BCUT2D eigenvalue weighted by atomic mass is 35.5. The van der Waals surface area contributed by atoms with Gasteiger partial charge in [-0.3, -0.25) is 9.69 Å². The maximum absolute atomic E-state index is 13.8. The molecule has 1 aromatic carbocycles. The van der Waals surface area contributed by atoms with Gasteiger partial charge in [-0.25, -0.2) is 4.39 Å². The third-order valence-corrected chi connectivity index (χ3v) is 4.64. The van der Waals surface area contributed by atoms with E-state index in [2.05, 4.69) is 10.2 Å². The van der Waals surface area contributed by atoms with Gasteiger partial charge in [0, 0.05) is 5.02 Å². The second-order valence-corrected chi connectivity index (χ2v) is 6.34. The van der Waals surface area contributed by atoms with E-state index in [1.54, 1.807) is 0 Å². The molecule has 2 aliphatic heterocycles. The van der Waals surface area contributed by atoms with Crippen LogP contribution < -0.4 is 5.32 Å². The summed E-state index contributed by atoms with van der Waals surface area (Å²) in [7, 11) is 0. The molecule has 0 bridgehead atoms. The molecule has 0 saturated carbocycles. The highest BCUT2D eigenvalue weighted by Crippen LogP contribution is 2.20. The van der Waals surface area contributed by atoms with E-state index in [0.717, 1.165) is 19.2 Å². The number of amides is 1. The zero-order valence-electron chi connectivity index (χ0n) is 12.4. The van der Waals surface area contributed by atoms with Crippen LogP contribution in [0.5, 0.6) is 0 Å². The quantitative estimate of drug-likeness (QED) is 0.927. The lowest BCUT2D eigenvalue weighted by atomic mass is 10.0. The van der Waals surface area contributed by atoms with E-state index in [-0.39, 0.29) is 22.7 Å². The number of carbonyl (C=O) groups excluding carboxylic acids is 1. The molecular formula is C16H20ClFN2O2. The molecule has 0 radical (unpaired) electrons. The zero-order chi connectivity index (χ0) is 15.5. The first-order valence-electron chi connectivity index (χ1n) is 7.73. The van der Waals surface area contributed by atoms with Crippen LogP contribution in [0.2, 0.25) is 5.02 Å². The van der Waals surface area contributed by atoms with Crippen molar-refractivity contribution in [1.29, 1.82) is 0 Å². The fraction of sp³-hybridized carbons (Fsp3) is 0.562. The second-order valence-electron chi connectivity index (χ2n) is 5.91. The lowest BCUT2D eigenvalue weighted by molar-refractivity contribution is 0.0896. The van der Waals surface area contributed by atoms with E-state index in [9.17, 15) is 9.18 Å².